The molecule has 0 heterocycles. The van der Waals surface area contributed by atoms with Gasteiger partial charge in [0.2, 0.25) is 0 Å². The van der Waals surface area contributed by atoms with Gasteiger partial charge in [-0.2, -0.15) is 13.2 Å². The Balaban J connectivity index is 1.83. The lowest BCUT2D eigenvalue weighted by atomic mass is 10.1. The van der Waals surface area contributed by atoms with Crippen LogP contribution in [0.15, 0.2) is 29.3 Å². The maximum absolute atomic E-state index is 12.1. The minimum Gasteiger partial charge on any atom is -0.367 e. The van der Waals surface area contributed by atoms with Gasteiger partial charge < -0.3 is 15.4 Å². The van der Waals surface area contributed by atoms with Crippen molar-refractivity contribution < 1.29 is 17.9 Å². The highest BCUT2D eigenvalue weighted by Gasteiger charge is 2.27. The van der Waals surface area contributed by atoms with Crippen LogP contribution in [0.3, 0.4) is 0 Å². The summed E-state index contributed by atoms with van der Waals surface area (Å²) in [4.78, 5) is 4.59. The third kappa shape index (κ3) is 7.77. The van der Waals surface area contributed by atoms with Gasteiger partial charge in [0, 0.05) is 12.6 Å². The molecule has 0 saturated heterocycles. The number of hydrogen-bond donors (Lipinski definition) is 2. The van der Waals surface area contributed by atoms with Crippen LogP contribution >= 0.6 is 0 Å². The maximum Gasteiger partial charge on any atom is 0.411 e. The fourth-order valence-electron chi connectivity index (χ4n) is 2.78. The quantitative estimate of drug-likeness (QED) is 0.577. The second kappa shape index (κ2) is 9.65. The molecule has 0 radical (unpaired) electrons. The predicted molar refractivity (Wildman–Crippen MR) is 92.4 cm³/mol. The lowest BCUT2D eigenvalue weighted by molar-refractivity contribution is -0.176. The molecule has 0 bridgehead atoms. The first-order chi connectivity index (χ1) is 12.0. The van der Waals surface area contributed by atoms with Crippen LogP contribution < -0.4 is 10.6 Å². The molecule has 0 spiro atoms. The minimum atomic E-state index is -4.29. The Kier molecular flexibility index (Phi) is 7.55. The van der Waals surface area contributed by atoms with Crippen LogP contribution in [0.4, 0.5) is 13.2 Å². The minimum absolute atomic E-state index is 0.0467. The Hall–Kier alpha value is -1.76. The summed E-state index contributed by atoms with van der Waals surface area (Å²) in [5, 5.41) is 6.70. The van der Waals surface area contributed by atoms with Gasteiger partial charge in [0.05, 0.1) is 13.2 Å². The Labute approximate surface area is 146 Å². The standard InChI is InChI=1S/C18H26F3N3O/c1-2-22-17(24-16-5-3-4-6-16)23-11-14-7-9-15(10-8-14)12-25-13-18(19,20)21/h7-10,16H,2-6,11-13H2,1H3,(H2,22,23,24). The van der Waals surface area contributed by atoms with Crippen LogP contribution in [-0.4, -0.2) is 31.3 Å². The van der Waals surface area contributed by atoms with Crippen molar-refractivity contribution in [3.8, 4) is 0 Å². The third-order valence-electron chi connectivity index (χ3n) is 4.02. The van der Waals surface area contributed by atoms with E-state index in [2.05, 4.69) is 20.4 Å². The zero-order chi connectivity index (χ0) is 18.1. The predicted octanol–water partition coefficient (Wildman–Crippen LogP) is 3.76. The second-order valence-corrected chi connectivity index (χ2v) is 6.25. The summed E-state index contributed by atoms with van der Waals surface area (Å²) >= 11 is 0. The van der Waals surface area contributed by atoms with Crippen LogP contribution in [0.2, 0.25) is 0 Å². The molecule has 1 aromatic carbocycles. The van der Waals surface area contributed by atoms with Crippen LogP contribution in [0.25, 0.3) is 0 Å². The summed E-state index contributed by atoms with van der Waals surface area (Å²) in [5.74, 6) is 0.812. The Morgan fingerprint density at radius 1 is 1.16 bits per heavy atom. The number of aliphatic imine (C=N–C) groups is 1. The number of ether oxygens (including phenoxy) is 1. The van der Waals surface area contributed by atoms with Crippen molar-refractivity contribution in [2.75, 3.05) is 13.2 Å². The molecule has 2 N–H and O–H groups in total. The molecule has 0 atom stereocenters. The lowest BCUT2D eigenvalue weighted by Gasteiger charge is -2.16. The van der Waals surface area contributed by atoms with Gasteiger partial charge in [0.25, 0.3) is 0 Å². The lowest BCUT2D eigenvalue weighted by Crippen LogP contribution is -2.42. The van der Waals surface area contributed by atoms with E-state index in [-0.39, 0.29) is 6.61 Å². The zero-order valence-corrected chi connectivity index (χ0v) is 14.5. The Morgan fingerprint density at radius 3 is 2.40 bits per heavy atom. The molecule has 1 fully saturated rings. The molecule has 140 valence electrons. The molecule has 0 unspecified atom stereocenters. The first kappa shape index (κ1) is 19.6. The molecule has 1 saturated carbocycles. The van der Waals surface area contributed by atoms with E-state index in [1.165, 1.54) is 25.7 Å². The molecular weight excluding hydrogens is 331 g/mol. The fraction of sp³-hybridized carbons (Fsp3) is 0.611. The number of rotatable bonds is 7. The van der Waals surface area contributed by atoms with Crippen molar-refractivity contribution in [1.82, 2.24) is 10.6 Å². The van der Waals surface area contributed by atoms with Gasteiger partial charge in [-0.3, -0.25) is 0 Å². The van der Waals surface area contributed by atoms with Crippen LogP contribution in [0.1, 0.15) is 43.7 Å². The molecular formula is C18H26F3N3O. The average Bonchev–Trinajstić information content (AvgIpc) is 3.06. The molecule has 0 aromatic heterocycles. The molecule has 1 aromatic rings. The summed E-state index contributed by atoms with van der Waals surface area (Å²) in [6.07, 6.45) is 0.585. The largest absolute Gasteiger partial charge is 0.411 e. The summed E-state index contributed by atoms with van der Waals surface area (Å²) < 4.78 is 40.8. The monoisotopic (exact) mass is 357 g/mol. The normalized spacial score (nSPS) is 16.2. The molecule has 1 aliphatic rings. The van der Waals surface area contributed by atoms with Gasteiger partial charge in [-0.15, -0.1) is 0 Å². The van der Waals surface area contributed by atoms with E-state index < -0.39 is 12.8 Å². The molecule has 4 nitrogen and oxygen atoms in total. The third-order valence-corrected chi connectivity index (χ3v) is 4.02. The number of halogens is 3. The van der Waals surface area contributed by atoms with Crippen LogP contribution in [-0.2, 0) is 17.9 Å². The van der Waals surface area contributed by atoms with Gasteiger partial charge in [0.1, 0.15) is 6.61 Å². The number of nitrogens with one attached hydrogen (secondary N) is 2. The highest BCUT2D eigenvalue weighted by atomic mass is 19.4. The summed E-state index contributed by atoms with van der Waals surface area (Å²) in [6, 6.07) is 7.78. The van der Waals surface area contributed by atoms with Crippen molar-refractivity contribution >= 4 is 5.96 Å². The van der Waals surface area contributed by atoms with Crippen LogP contribution in [0.5, 0.6) is 0 Å². The van der Waals surface area contributed by atoms with E-state index in [1.807, 2.05) is 19.1 Å². The number of nitrogens with zero attached hydrogens (tertiary/aromatic N) is 1. The SMILES string of the molecule is CCNC(=NCc1ccc(COCC(F)(F)F)cc1)NC1CCCC1. The Morgan fingerprint density at radius 2 is 1.80 bits per heavy atom. The van der Waals surface area contributed by atoms with Crippen LogP contribution in [0, 0.1) is 0 Å². The van der Waals surface area contributed by atoms with E-state index in [0.29, 0.717) is 18.2 Å². The van der Waals surface area contributed by atoms with E-state index in [9.17, 15) is 13.2 Å². The van der Waals surface area contributed by atoms with Gasteiger partial charge in [0.15, 0.2) is 5.96 Å². The summed E-state index contributed by atoms with van der Waals surface area (Å²) in [7, 11) is 0. The molecule has 0 aliphatic heterocycles. The first-order valence-corrected chi connectivity index (χ1v) is 8.73. The van der Waals surface area contributed by atoms with Crippen molar-refractivity contribution in [1.29, 1.82) is 0 Å². The van der Waals surface area contributed by atoms with E-state index in [0.717, 1.165) is 18.1 Å². The number of alkyl halides is 3. The number of guanidine groups is 1. The fourth-order valence-corrected chi connectivity index (χ4v) is 2.78. The highest BCUT2D eigenvalue weighted by Crippen LogP contribution is 2.18. The van der Waals surface area contributed by atoms with Gasteiger partial charge in [-0.05, 0) is 30.9 Å². The topological polar surface area (TPSA) is 45.7 Å². The summed E-state index contributed by atoms with van der Waals surface area (Å²) in [5.41, 5.74) is 1.72. The van der Waals surface area contributed by atoms with Gasteiger partial charge in [-0.1, -0.05) is 37.1 Å². The maximum atomic E-state index is 12.1. The van der Waals surface area contributed by atoms with Crippen molar-refractivity contribution in [2.24, 2.45) is 4.99 Å². The highest BCUT2D eigenvalue weighted by molar-refractivity contribution is 5.80. The second-order valence-electron chi connectivity index (χ2n) is 6.25. The van der Waals surface area contributed by atoms with Crippen molar-refractivity contribution in [3.05, 3.63) is 35.4 Å². The average molecular weight is 357 g/mol. The number of benzene rings is 1. The van der Waals surface area contributed by atoms with E-state index >= 15 is 0 Å². The molecule has 0 amide bonds. The van der Waals surface area contributed by atoms with Gasteiger partial charge >= 0.3 is 6.18 Å². The van der Waals surface area contributed by atoms with Crippen molar-refractivity contribution in [3.63, 3.8) is 0 Å². The Bertz CT molecular complexity index is 537. The van der Waals surface area contributed by atoms with E-state index in [1.54, 1.807) is 12.1 Å². The molecule has 1 aliphatic carbocycles. The number of hydrogen-bond acceptors (Lipinski definition) is 2. The first-order valence-electron chi connectivity index (χ1n) is 8.73. The zero-order valence-electron chi connectivity index (χ0n) is 14.5. The van der Waals surface area contributed by atoms with E-state index in [4.69, 9.17) is 0 Å². The molecule has 2 rings (SSSR count). The van der Waals surface area contributed by atoms with Crippen molar-refractivity contribution in [2.45, 2.75) is 58.0 Å². The van der Waals surface area contributed by atoms with Gasteiger partial charge in [-0.25, -0.2) is 4.99 Å². The smallest absolute Gasteiger partial charge is 0.367 e. The molecule has 7 heteroatoms. The molecule has 25 heavy (non-hydrogen) atoms. The summed E-state index contributed by atoms with van der Waals surface area (Å²) in [6.45, 7) is 2.08.